The van der Waals surface area contributed by atoms with E-state index in [1.54, 1.807) is 5.56 Å². The third kappa shape index (κ3) is 4.54. The molecule has 2 aromatic carbocycles. The lowest BCUT2D eigenvalue weighted by atomic mass is 9.77. The highest BCUT2D eigenvalue weighted by Gasteiger charge is 2.21. The zero-order valence-corrected chi connectivity index (χ0v) is 16.9. The fraction of sp³-hybridized carbons (Fsp3) is 0.481. The number of hydrogen-bond acceptors (Lipinski definition) is 0. The van der Waals surface area contributed by atoms with Crippen LogP contribution in [-0.2, 0) is 0 Å². The summed E-state index contributed by atoms with van der Waals surface area (Å²) in [6.07, 6.45) is 16.8. The molecule has 1 fully saturated rings. The Morgan fingerprint density at radius 1 is 0.667 bits per heavy atom. The molecule has 1 saturated carbocycles. The van der Waals surface area contributed by atoms with Gasteiger partial charge in [-0.05, 0) is 85.0 Å². The molecule has 0 nitrogen and oxygen atoms in total. The Morgan fingerprint density at radius 2 is 1.26 bits per heavy atom. The quantitative estimate of drug-likeness (QED) is 0.472. The van der Waals surface area contributed by atoms with Gasteiger partial charge in [0.15, 0.2) is 0 Å². The van der Waals surface area contributed by atoms with E-state index in [1.807, 2.05) is 0 Å². The standard InChI is InChI=1S/C27H34/c1-2-6-21-9-11-23(12-10-21)25-17-19-27(20-18-25)26-15-13-24(14-16-26)22-7-4-3-5-8-22/h3-4,13-23H,2,5-12H2,1H3. The van der Waals surface area contributed by atoms with E-state index in [4.69, 9.17) is 0 Å². The molecule has 142 valence electrons. The smallest absolute Gasteiger partial charge is 0.0124 e. The maximum Gasteiger partial charge on any atom is -0.0124 e. The highest BCUT2D eigenvalue weighted by Crippen LogP contribution is 2.38. The number of rotatable bonds is 5. The van der Waals surface area contributed by atoms with Gasteiger partial charge in [0.25, 0.3) is 0 Å². The fourth-order valence-electron chi connectivity index (χ4n) is 5.18. The van der Waals surface area contributed by atoms with Gasteiger partial charge in [-0.3, -0.25) is 0 Å². The first-order chi connectivity index (χ1) is 13.3. The normalized spacial score (nSPS) is 25.4. The Bertz CT molecular complexity index is 727. The van der Waals surface area contributed by atoms with Gasteiger partial charge in [0.05, 0.1) is 0 Å². The predicted molar refractivity (Wildman–Crippen MR) is 117 cm³/mol. The van der Waals surface area contributed by atoms with Gasteiger partial charge < -0.3 is 0 Å². The van der Waals surface area contributed by atoms with Crippen LogP contribution in [0.1, 0.15) is 87.7 Å². The van der Waals surface area contributed by atoms with Crippen LogP contribution in [0.2, 0.25) is 0 Å². The van der Waals surface area contributed by atoms with Crippen molar-refractivity contribution in [3.8, 4) is 11.1 Å². The van der Waals surface area contributed by atoms with Crippen molar-refractivity contribution in [1.82, 2.24) is 0 Å². The summed E-state index contributed by atoms with van der Waals surface area (Å²) in [6, 6.07) is 18.8. The molecule has 0 radical (unpaired) electrons. The molecule has 0 heterocycles. The van der Waals surface area contributed by atoms with E-state index in [1.165, 1.54) is 74.5 Å². The Balaban J connectivity index is 1.39. The van der Waals surface area contributed by atoms with Gasteiger partial charge in [0.2, 0.25) is 0 Å². The van der Waals surface area contributed by atoms with Crippen LogP contribution in [0.3, 0.4) is 0 Å². The lowest BCUT2D eigenvalue weighted by molar-refractivity contribution is 0.308. The molecule has 4 rings (SSSR count). The van der Waals surface area contributed by atoms with Crippen molar-refractivity contribution >= 4 is 0 Å². The molecule has 1 unspecified atom stereocenters. The summed E-state index contributed by atoms with van der Waals surface area (Å²) in [5.74, 6) is 2.49. The van der Waals surface area contributed by atoms with E-state index < -0.39 is 0 Å². The molecule has 2 aliphatic carbocycles. The average molecular weight is 359 g/mol. The summed E-state index contributed by atoms with van der Waals surface area (Å²) in [4.78, 5) is 0. The van der Waals surface area contributed by atoms with E-state index in [0.717, 1.165) is 11.8 Å². The second-order valence-electron chi connectivity index (χ2n) is 8.73. The van der Waals surface area contributed by atoms with Gasteiger partial charge in [-0.15, -0.1) is 0 Å². The second kappa shape index (κ2) is 8.91. The number of hydrogen-bond donors (Lipinski definition) is 0. The molecule has 1 atom stereocenters. The molecule has 0 N–H and O–H groups in total. The molecule has 0 aromatic heterocycles. The van der Waals surface area contributed by atoms with E-state index in [0.29, 0.717) is 5.92 Å². The van der Waals surface area contributed by atoms with Gasteiger partial charge in [0.1, 0.15) is 0 Å². The molecular weight excluding hydrogens is 324 g/mol. The van der Waals surface area contributed by atoms with Crippen molar-refractivity contribution in [3.63, 3.8) is 0 Å². The highest BCUT2D eigenvalue weighted by atomic mass is 14.3. The lowest BCUT2D eigenvalue weighted by Crippen LogP contribution is -2.13. The number of benzene rings is 2. The summed E-state index contributed by atoms with van der Waals surface area (Å²) < 4.78 is 0. The summed E-state index contributed by atoms with van der Waals surface area (Å²) in [5, 5.41) is 0. The Hall–Kier alpha value is -1.82. The van der Waals surface area contributed by atoms with Crippen LogP contribution in [0.4, 0.5) is 0 Å². The minimum atomic E-state index is 0.717. The first-order valence-corrected chi connectivity index (χ1v) is 11.2. The minimum absolute atomic E-state index is 0.717. The lowest BCUT2D eigenvalue weighted by Gasteiger charge is -2.28. The van der Waals surface area contributed by atoms with E-state index in [2.05, 4.69) is 67.6 Å². The van der Waals surface area contributed by atoms with Crippen molar-refractivity contribution in [1.29, 1.82) is 0 Å². The van der Waals surface area contributed by atoms with Crippen LogP contribution < -0.4 is 0 Å². The average Bonchev–Trinajstić information content (AvgIpc) is 2.75. The largest absolute Gasteiger partial charge is 0.0885 e. The van der Waals surface area contributed by atoms with Crippen LogP contribution in [-0.4, -0.2) is 0 Å². The summed E-state index contributed by atoms with van der Waals surface area (Å²) in [6.45, 7) is 2.32. The Morgan fingerprint density at radius 3 is 1.78 bits per heavy atom. The molecule has 0 heteroatoms. The molecule has 0 aliphatic heterocycles. The topological polar surface area (TPSA) is 0 Å². The van der Waals surface area contributed by atoms with E-state index >= 15 is 0 Å². The van der Waals surface area contributed by atoms with Gasteiger partial charge in [-0.25, -0.2) is 0 Å². The van der Waals surface area contributed by atoms with Crippen molar-refractivity contribution in [2.75, 3.05) is 0 Å². The van der Waals surface area contributed by atoms with Crippen LogP contribution in [0.5, 0.6) is 0 Å². The molecule has 2 aliphatic rings. The van der Waals surface area contributed by atoms with Crippen molar-refractivity contribution < 1.29 is 0 Å². The zero-order valence-electron chi connectivity index (χ0n) is 16.9. The molecule has 0 saturated heterocycles. The van der Waals surface area contributed by atoms with Crippen LogP contribution >= 0.6 is 0 Å². The SMILES string of the molecule is CCCC1CCC(c2ccc(-c3ccc(C4CC=CCC4)cc3)cc2)CC1. The summed E-state index contributed by atoms with van der Waals surface area (Å²) in [5.41, 5.74) is 5.76. The molecule has 27 heavy (non-hydrogen) atoms. The minimum Gasteiger partial charge on any atom is -0.0885 e. The van der Waals surface area contributed by atoms with Crippen molar-refractivity contribution in [2.24, 2.45) is 5.92 Å². The molecule has 2 aromatic rings. The molecular formula is C27H34. The highest BCUT2D eigenvalue weighted by molar-refractivity contribution is 5.64. The maximum absolute atomic E-state index is 2.39. The van der Waals surface area contributed by atoms with Crippen LogP contribution in [0.15, 0.2) is 60.7 Å². The van der Waals surface area contributed by atoms with Gasteiger partial charge in [-0.2, -0.15) is 0 Å². The fourth-order valence-corrected chi connectivity index (χ4v) is 5.18. The Kier molecular flexibility index (Phi) is 6.12. The first kappa shape index (κ1) is 18.5. The van der Waals surface area contributed by atoms with Gasteiger partial charge in [0, 0.05) is 0 Å². The summed E-state index contributed by atoms with van der Waals surface area (Å²) >= 11 is 0. The van der Waals surface area contributed by atoms with Crippen molar-refractivity contribution in [2.45, 2.75) is 76.5 Å². The first-order valence-electron chi connectivity index (χ1n) is 11.2. The van der Waals surface area contributed by atoms with E-state index in [-0.39, 0.29) is 0 Å². The maximum atomic E-state index is 2.39. The number of allylic oxidation sites excluding steroid dienone is 2. The van der Waals surface area contributed by atoms with E-state index in [9.17, 15) is 0 Å². The Labute approximate surface area is 165 Å². The third-order valence-corrected chi connectivity index (χ3v) is 6.91. The summed E-state index contributed by atoms with van der Waals surface area (Å²) in [7, 11) is 0. The van der Waals surface area contributed by atoms with Gasteiger partial charge in [-0.1, -0.05) is 80.4 Å². The molecule has 0 bridgehead atoms. The van der Waals surface area contributed by atoms with Crippen LogP contribution in [0, 0.1) is 5.92 Å². The molecule has 0 spiro atoms. The predicted octanol–water partition coefficient (Wildman–Crippen LogP) is 8.25. The zero-order chi connectivity index (χ0) is 18.5. The third-order valence-electron chi connectivity index (χ3n) is 6.91. The second-order valence-corrected chi connectivity index (χ2v) is 8.73. The van der Waals surface area contributed by atoms with Crippen LogP contribution in [0.25, 0.3) is 11.1 Å². The van der Waals surface area contributed by atoms with Crippen molar-refractivity contribution in [3.05, 3.63) is 71.8 Å². The van der Waals surface area contributed by atoms with Gasteiger partial charge >= 0.3 is 0 Å². The monoisotopic (exact) mass is 358 g/mol. The molecule has 0 amide bonds.